The van der Waals surface area contributed by atoms with Crippen LogP contribution in [0.5, 0.6) is 0 Å². The Kier molecular flexibility index (Phi) is 6.45. The lowest BCUT2D eigenvalue weighted by Gasteiger charge is -2.15. The molecule has 5 aromatic rings. The van der Waals surface area contributed by atoms with Crippen molar-refractivity contribution in [2.45, 2.75) is 19.9 Å². The van der Waals surface area contributed by atoms with E-state index in [1.54, 1.807) is 19.1 Å². The molecular weight excluding hydrogens is 489 g/mol. The highest BCUT2D eigenvalue weighted by molar-refractivity contribution is 7.22. The van der Waals surface area contributed by atoms with E-state index in [0.717, 1.165) is 26.9 Å². The SMILES string of the molecule is C=CC(=O)Nc1nc2ccc(-c3ccc4nc(C)nc(C(=O)N[C@@H](C)c5ccc(F)cc5)c4c3)cc2s1. The Labute approximate surface area is 216 Å². The van der Waals surface area contributed by atoms with Crippen LogP contribution in [0.2, 0.25) is 0 Å². The molecule has 0 aliphatic heterocycles. The van der Waals surface area contributed by atoms with Crippen LogP contribution in [0, 0.1) is 12.7 Å². The van der Waals surface area contributed by atoms with E-state index in [9.17, 15) is 14.0 Å². The van der Waals surface area contributed by atoms with Crippen LogP contribution in [0.15, 0.2) is 73.3 Å². The lowest BCUT2D eigenvalue weighted by Crippen LogP contribution is -2.28. The molecule has 0 radical (unpaired) electrons. The van der Waals surface area contributed by atoms with Crippen molar-refractivity contribution in [3.8, 4) is 11.1 Å². The molecule has 1 atom stereocenters. The van der Waals surface area contributed by atoms with E-state index in [1.165, 1.54) is 29.5 Å². The van der Waals surface area contributed by atoms with E-state index < -0.39 is 0 Å². The maximum atomic E-state index is 13.3. The summed E-state index contributed by atoms with van der Waals surface area (Å²) in [5, 5.41) is 6.76. The molecule has 0 unspecified atom stereocenters. The predicted molar refractivity (Wildman–Crippen MR) is 144 cm³/mol. The fraction of sp³-hybridized carbons (Fsp3) is 0.107. The zero-order valence-corrected chi connectivity index (χ0v) is 20.9. The van der Waals surface area contributed by atoms with Crippen LogP contribution in [0.25, 0.3) is 32.2 Å². The molecule has 2 aromatic heterocycles. The van der Waals surface area contributed by atoms with Crippen LogP contribution < -0.4 is 10.6 Å². The number of amides is 2. The molecule has 0 aliphatic carbocycles. The summed E-state index contributed by atoms with van der Waals surface area (Å²) in [7, 11) is 0. The summed E-state index contributed by atoms with van der Waals surface area (Å²) in [6.45, 7) is 7.04. The van der Waals surface area contributed by atoms with Crippen LogP contribution in [0.4, 0.5) is 9.52 Å². The minimum Gasteiger partial charge on any atom is -0.344 e. The normalized spacial score (nSPS) is 11.9. The van der Waals surface area contributed by atoms with Gasteiger partial charge in [0.05, 0.1) is 21.8 Å². The van der Waals surface area contributed by atoms with Gasteiger partial charge in [-0.1, -0.05) is 42.2 Å². The molecule has 0 saturated carbocycles. The van der Waals surface area contributed by atoms with Crippen molar-refractivity contribution in [1.82, 2.24) is 20.3 Å². The van der Waals surface area contributed by atoms with Gasteiger partial charge in [0.2, 0.25) is 5.91 Å². The van der Waals surface area contributed by atoms with Crippen LogP contribution >= 0.6 is 11.3 Å². The van der Waals surface area contributed by atoms with E-state index in [0.29, 0.717) is 21.9 Å². The van der Waals surface area contributed by atoms with Gasteiger partial charge in [0.1, 0.15) is 17.3 Å². The van der Waals surface area contributed by atoms with Crippen LogP contribution in [0.3, 0.4) is 0 Å². The largest absolute Gasteiger partial charge is 0.344 e. The molecule has 2 amide bonds. The molecule has 2 N–H and O–H groups in total. The Morgan fingerprint density at radius 3 is 2.41 bits per heavy atom. The number of rotatable bonds is 6. The average molecular weight is 512 g/mol. The van der Waals surface area contributed by atoms with E-state index in [2.05, 4.69) is 32.2 Å². The zero-order valence-electron chi connectivity index (χ0n) is 20.1. The molecule has 0 aliphatic rings. The first kappa shape index (κ1) is 24.2. The first-order valence-corrected chi connectivity index (χ1v) is 12.3. The standard InChI is InChI=1S/C28H22FN5O2S/c1-4-25(35)34-28-33-23-12-8-19(14-24(23)37-28)18-7-11-22-21(13-18)26(32-16(3)31-22)27(36)30-15(2)17-5-9-20(29)10-6-17/h4-15H,1H2,2-3H3,(H,30,36)(H,33,34,35)/t15-/m0/s1. The Morgan fingerprint density at radius 1 is 0.973 bits per heavy atom. The number of thiazole rings is 1. The predicted octanol–water partition coefficient (Wildman–Crippen LogP) is 5.97. The number of carbonyl (C=O) groups excluding carboxylic acids is 2. The number of aromatic nitrogens is 3. The summed E-state index contributed by atoms with van der Waals surface area (Å²) in [5.74, 6) is -0.505. The average Bonchev–Trinajstić information content (AvgIpc) is 3.29. The number of hydrogen-bond acceptors (Lipinski definition) is 6. The minimum atomic E-state index is -0.343. The quantitative estimate of drug-likeness (QED) is 0.274. The second kappa shape index (κ2) is 9.87. The molecule has 0 spiro atoms. The number of hydrogen-bond donors (Lipinski definition) is 2. The maximum Gasteiger partial charge on any atom is 0.271 e. The van der Waals surface area contributed by atoms with Gasteiger partial charge in [0.15, 0.2) is 5.13 Å². The van der Waals surface area contributed by atoms with Gasteiger partial charge in [-0.25, -0.2) is 19.3 Å². The van der Waals surface area contributed by atoms with Crippen molar-refractivity contribution in [2.24, 2.45) is 0 Å². The third-order valence-corrected chi connectivity index (χ3v) is 6.81. The van der Waals surface area contributed by atoms with Gasteiger partial charge in [-0.2, -0.15) is 0 Å². The smallest absolute Gasteiger partial charge is 0.271 e. The van der Waals surface area contributed by atoms with Crippen molar-refractivity contribution in [3.05, 3.63) is 96.2 Å². The summed E-state index contributed by atoms with van der Waals surface area (Å²) < 4.78 is 14.2. The van der Waals surface area contributed by atoms with Gasteiger partial charge in [-0.05, 0) is 73.0 Å². The fourth-order valence-electron chi connectivity index (χ4n) is 4.01. The molecule has 2 heterocycles. The number of anilines is 1. The van der Waals surface area contributed by atoms with Crippen molar-refractivity contribution in [1.29, 1.82) is 0 Å². The molecule has 184 valence electrons. The lowest BCUT2D eigenvalue weighted by atomic mass is 10.0. The minimum absolute atomic E-state index is 0.270. The van der Waals surface area contributed by atoms with Gasteiger partial charge in [0.25, 0.3) is 5.91 Å². The van der Waals surface area contributed by atoms with Crippen molar-refractivity contribution in [2.75, 3.05) is 5.32 Å². The van der Waals surface area contributed by atoms with E-state index in [-0.39, 0.29) is 29.4 Å². The topological polar surface area (TPSA) is 96.9 Å². The molecule has 9 heteroatoms. The Morgan fingerprint density at radius 2 is 1.68 bits per heavy atom. The number of fused-ring (bicyclic) bond motifs is 2. The molecular formula is C28H22FN5O2S. The fourth-order valence-corrected chi connectivity index (χ4v) is 4.92. The van der Waals surface area contributed by atoms with Crippen LogP contribution in [-0.2, 0) is 4.79 Å². The number of carbonyl (C=O) groups is 2. The number of halogens is 1. The van der Waals surface area contributed by atoms with Crippen LogP contribution in [-0.4, -0.2) is 26.8 Å². The van der Waals surface area contributed by atoms with E-state index >= 15 is 0 Å². The summed E-state index contributed by atoms with van der Waals surface area (Å²) in [6.07, 6.45) is 1.20. The number of nitrogens with zero attached hydrogens (tertiary/aromatic N) is 3. The van der Waals surface area contributed by atoms with Crippen molar-refractivity contribution in [3.63, 3.8) is 0 Å². The molecule has 0 bridgehead atoms. The second-order valence-corrected chi connectivity index (χ2v) is 9.52. The van der Waals surface area contributed by atoms with E-state index in [1.807, 2.05) is 43.3 Å². The molecule has 37 heavy (non-hydrogen) atoms. The van der Waals surface area contributed by atoms with Crippen molar-refractivity contribution >= 4 is 49.4 Å². The van der Waals surface area contributed by atoms with E-state index in [4.69, 9.17) is 0 Å². The highest BCUT2D eigenvalue weighted by Gasteiger charge is 2.18. The van der Waals surface area contributed by atoms with Gasteiger partial charge < -0.3 is 5.32 Å². The van der Waals surface area contributed by atoms with Crippen LogP contribution in [0.1, 0.15) is 34.8 Å². The zero-order chi connectivity index (χ0) is 26.1. The first-order chi connectivity index (χ1) is 17.8. The van der Waals surface area contributed by atoms with Gasteiger partial charge in [-0.3, -0.25) is 14.9 Å². The van der Waals surface area contributed by atoms with Crippen molar-refractivity contribution < 1.29 is 14.0 Å². The number of benzene rings is 3. The molecule has 5 rings (SSSR count). The third kappa shape index (κ3) is 5.07. The van der Waals surface area contributed by atoms with Gasteiger partial charge >= 0.3 is 0 Å². The summed E-state index contributed by atoms with van der Waals surface area (Å²) in [4.78, 5) is 38.3. The van der Waals surface area contributed by atoms with Gasteiger partial charge in [-0.15, -0.1) is 0 Å². The number of aryl methyl sites for hydroxylation is 1. The van der Waals surface area contributed by atoms with Gasteiger partial charge in [0, 0.05) is 5.39 Å². The molecule has 0 fully saturated rings. The summed E-state index contributed by atoms with van der Waals surface area (Å²) in [5.41, 5.74) is 4.28. The molecule has 3 aromatic carbocycles. The first-order valence-electron chi connectivity index (χ1n) is 11.5. The molecule has 0 saturated heterocycles. The highest BCUT2D eigenvalue weighted by Crippen LogP contribution is 2.32. The number of nitrogens with one attached hydrogen (secondary N) is 2. The Hall–Kier alpha value is -4.50. The molecule has 7 nitrogen and oxygen atoms in total. The Balaban J connectivity index is 1.49. The highest BCUT2D eigenvalue weighted by atomic mass is 32.1. The second-order valence-electron chi connectivity index (χ2n) is 8.49. The Bertz CT molecular complexity index is 1680. The monoisotopic (exact) mass is 511 g/mol. The summed E-state index contributed by atoms with van der Waals surface area (Å²) >= 11 is 1.37. The summed E-state index contributed by atoms with van der Waals surface area (Å²) in [6, 6.07) is 17.2. The third-order valence-electron chi connectivity index (χ3n) is 5.88. The maximum absolute atomic E-state index is 13.3. The lowest BCUT2D eigenvalue weighted by molar-refractivity contribution is -0.111.